The van der Waals surface area contributed by atoms with E-state index in [0.717, 1.165) is 22.3 Å². The van der Waals surface area contributed by atoms with Gasteiger partial charge < -0.3 is 0 Å². The number of allylic oxidation sites excluding steroid dienone is 1. The van der Waals surface area contributed by atoms with Crippen LogP contribution in [-0.4, -0.2) is 0 Å². The lowest BCUT2D eigenvalue weighted by Gasteiger charge is -2.13. The highest BCUT2D eigenvalue weighted by molar-refractivity contribution is 6.33. The van der Waals surface area contributed by atoms with Crippen molar-refractivity contribution < 1.29 is 0 Å². The van der Waals surface area contributed by atoms with Crippen LogP contribution in [0.5, 0.6) is 0 Å². The molecule has 0 aliphatic heterocycles. The quantitative estimate of drug-likeness (QED) is 0.441. The summed E-state index contributed by atoms with van der Waals surface area (Å²) in [6.45, 7) is 0. The van der Waals surface area contributed by atoms with Gasteiger partial charge in [-0.2, -0.15) is 5.26 Å². The van der Waals surface area contributed by atoms with Crippen LogP contribution in [0, 0.1) is 11.3 Å². The number of halogens is 1. The molecule has 0 aliphatic carbocycles. The number of rotatable bonds is 3. The molecule has 0 atom stereocenters. The monoisotopic (exact) mass is 315 g/mol. The van der Waals surface area contributed by atoms with Gasteiger partial charge in [-0.05, 0) is 17.2 Å². The van der Waals surface area contributed by atoms with E-state index in [4.69, 9.17) is 11.6 Å². The maximum atomic E-state index is 9.81. The summed E-state index contributed by atoms with van der Waals surface area (Å²) in [6, 6.07) is 29.6. The summed E-state index contributed by atoms with van der Waals surface area (Å²) in [5.74, 6) is 0. The third kappa shape index (κ3) is 3.18. The van der Waals surface area contributed by atoms with Gasteiger partial charge in [0.1, 0.15) is 6.07 Å². The fraction of sp³-hybridized carbons (Fsp3) is 0. The van der Waals surface area contributed by atoms with Gasteiger partial charge in [0.15, 0.2) is 0 Å². The molecule has 110 valence electrons. The molecule has 0 amide bonds. The van der Waals surface area contributed by atoms with Crippen LogP contribution in [0.1, 0.15) is 16.7 Å². The summed E-state index contributed by atoms with van der Waals surface area (Å²) in [7, 11) is 0. The first-order valence-corrected chi connectivity index (χ1v) is 7.69. The molecular weight excluding hydrogens is 302 g/mol. The minimum atomic E-state index is 0.616. The second kappa shape index (κ2) is 6.96. The Morgan fingerprint density at radius 2 is 1.22 bits per heavy atom. The van der Waals surface area contributed by atoms with Gasteiger partial charge in [-0.15, -0.1) is 0 Å². The lowest BCUT2D eigenvalue weighted by Crippen LogP contribution is -1.94. The Balaban J connectivity index is 2.35. The summed E-state index contributed by atoms with van der Waals surface area (Å²) in [5.41, 5.74) is 4.19. The van der Waals surface area contributed by atoms with Crippen molar-refractivity contribution in [1.82, 2.24) is 0 Å². The van der Waals surface area contributed by atoms with Crippen molar-refractivity contribution >= 4 is 22.7 Å². The maximum absolute atomic E-state index is 9.81. The van der Waals surface area contributed by atoms with E-state index in [2.05, 4.69) is 6.07 Å². The van der Waals surface area contributed by atoms with Crippen LogP contribution in [0.25, 0.3) is 11.1 Å². The van der Waals surface area contributed by atoms with Crippen LogP contribution in [0.2, 0.25) is 5.02 Å². The zero-order valence-electron chi connectivity index (χ0n) is 12.4. The third-order valence-electron chi connectivity index (χ3n) is 3.63. The molecule has 3 aromatic carbocycles. The van der Waals surface area contributed by atoms with Crippen LogP contribution in [0.3, 0.4) is 0 Å². The fourth-order valence-corrected chi connectivity index (χ4v) is 2.80. The first-order valence-electron chi connectivity index (χ1n) is 7.31. The fourth-order valence-electron chi connectivity index (χ4n) is 2.57. The molecule has 0 radical (unpaired) electrons. The lowest BCUT2D eigenvalue weighted by atomic mass is 9.90. The highest BCUT2D eigenvalue weighted by Crippen LogP contribution is 2.35. The Labute approximate surface area is 141 Å². The minimum absolute atomic E-state index is 0.616. The minimum Gasteiger partial charge on any atom is -0.192 e. The van der Waals surface area contributed by atoms with E-state index in [0.29, 0.717) is 10.6 Å². The number of nitrogens with zero attached hydrogens (tertiary/aromatic N) is 1. The number of hydrogen-bond donors (Lipinski definition) is 0. The van der Waals surface area contributed by atoms with Crippen LogP contribution in [-0.2, 0) is 0 Å². The van der Waals surface area contributed by atoms with Gasteiger partial charge >= 0.3 is 0 Å². The Hall–Kier alpha value is -2.82. The third-order valence-corrected chi connectivity index (χ3v) is 3.96. The van der Waals surface area contributed by atoms with E-state index in [-0.39, 0.29) is 0 Å². The van der Waals surface area contributed by atoms with Crippen LogP contribution < -0.4 is 0 Å². The second-order valence-electron chi connectivity index (χ2n) is 5.07. The molecule has 3 rings (SSSR count). The summed E-state index contributed by atoms with van der Waals surface area (Å²) >= 11 is 6.41. The summed E-state index contributed by atoms with van der Waals surface area (Å²) < 4.78 is 0. The molecular formula is C21H14ClN. The molecule has 0 saturated heterocycles. The molecule has 0 spiro atoms. The predicted molar refractivity (Wildman–Crippen MR) is 95.9 cm³/mol. The van der Waals surface area contributed by atoms with E-state index in [1.165, 1.54) is 0 Å². The van der Waals surface area contributed by atoms with Crippen molar-refractivity contribution in [2.24, 2.45) is 0 Å². The average molecular weight is 316 g/mol. The summed E-state index contributed by atoms with van der Waals surface area (Å²) in [4.78, 5) is 0. The Bertz CT molecular complexity index is 874. The van der Waals surface area contributed by atoms with Crippen molar-refractivity contribution in [3.05, 3.63) is 107 Å². The number of hydrogen-bond acceptors (Lipinski definition) is 1. The van der Waals surface area contributed by atoms with Gasteiger partial charge in [-0.25, -0.2) is 0 Å². The lowest BCUT2D eigenvalue weighted by molar-refractivity contribution is 1.50. The SMILES string of the molecule is N#C/C(=C(/c1ccccc1)c1ccccc1Cl)c1ccccc1. The molecule has 0 bridgehead atoms. The van der Waals surface area contributed by atoms with Gasteiger partial charge in [0.05, 0.1) is 5.57 Å². The Morgan fingerprint density at radius 1 is 0.696 bits per heavy atom. The Morgan fingerprint density at radius 3 is 1.78 bits per heavy atom. The van der Waals surface area contributed by atoms with Crippen LogP contribution >= 0.6 is 11.6 Å². The van der Waals surface area contributed by atoms with E-state index < -0.39 is 0 Å². The molecule has 23 heavy (non-hydrogen) atoms. The van der Waals surface area contributed by atoms with E-state index in [1.807, 2.05) is 84.9 Å². The van der Waals surface area contributed by atoms with Crippen molar-refractivity contribution in [1.29, 1.82) is 5.26 Å². The second-order valence-corrected chi connectivity index (χ2v) is 5.48. The zero-order valence-corrected chi connectivity index (χ0v) is 13.2. The molecule has 2 heteroatoms. The molecule has 0 fully saturated rings. The van der Waals surface area contributed by atoms with Crippen LogP contribution in [0.15, 0.2) is 84.9 Å². The molecule has 0 unspecified atom stereocenters. The molecule has 0 aromatic heterocycles. The molecule has 1 nitrogen and oxygen atoms in total. The highest BCUT2D eigenvalue weighted by atomic mass is 35.5. The zero-order chi connectivity index (χ0) is 16.1. The molecule has 0 aliphatic rings. The number of benzene rings is 3. The largest absolute Gasteiger partial charge is 0.192 e. The standard InChI is InChI=1S/C21H14ClN/c22-20-14-8-7-13-18(20)21(17-11-5-2-6-12-17)19(15-23)16-9-3-1-4-10-16/h1-14H/b21-19+. The smallest absolute Gasteiger partial charge is 0.100 e. The summed E-state index contributed by atoms with van der Waals surface area (Å²) in [5, 5.41) is 10.4. The average Bonchev–Trinajstić information content (AvgIpc) is 2.62. The first kappa shape index (κ1) is 15.1. The van der Waals surface area contributed by atoms with E-state index in [1.54, 1.807) is 0 Å². The molecule has 0 heterocycles. The maximum Gasteiger partial charge on any atom is 0.100 e. The van der Waals surface area contributed by atoms with Crippen molar-refractivity contribution in [2.45, 2.75) is 0 Å². The Kier molecular flexibility index (Phi) is 4.57. The van der Waals surface area contributed by atoms with Crippen LogP contribution in [0.4, 0.5) is 0 Å². The highest BCUT2D eigenvalue weighted by Gasteiger charge is 2.15. The molecule has 3 aromatic rings. The van der Waals surface area contributed by atoms with E-state index in [9.17, 15) is 5.26 Å². The van der Waals surface area contributed by atoms with Gasteiger partial charge in [0.25, 0.3) is 0 Å². The van der Waals surface area contributed by atoms with Gasteiger partial charge in [0.2, 0.25) is 0 Å². The topological polar surface area (TPSA) is 23.8 Å². The van der Waals surface area contributed by atoms with Gasteiger partial charge in [0, 0.05) is 16.2 Å². The van der Waals surface area contributed by atoms with E-state index >= 15 is 0 Å². The molecule has 0 saturated carbocycles. The summed E-state index contributed by atoms with van der Waals surface area (Å²) in [6.07, 6.45) is 0. The van der Waals surface area contributed by atoms with Crippen molar-refractivity contribution in [3.8, 4) is 6.07 Å². The van der Waals surface area contributed by atoms with Gasteiger partial charge in [-0.3, -0.25) is 0 Å². The number of nitriles is 1. The molecule has 0 N–H and O–H groups in total. The van der Waals surface area contributed by atoms with Gasteiger partial charge in [-0.1, -0.05) is 90.5 Å². The predicted octanol–water partition coefficient (Wildman–Crippen LogP) is 5.82. The van der Waals surface area contributed by atoms with Crippen molar-refractivity contribution in [2.75, 3.05) is 0 Å². The normalized spacial score (nSPS) is 11.5. The van der Waals surface area contributed by atoms with Crippen molar-refractivity contribution in [3.63, 3.8) is 0 Å². The first-order chi connectivity index (χ1) is 11.3.